The normalized spacial score (nSPS) is 17.6. The first-order valence-corrected chi connectivity index (χ1v) is 21.0. The average Bonchev–Trinajstić information content (AvgIpc) is 3.36. The Hall–Kier alpha value is -0.400. The van der Waals surface area contributed by atoms with Gasteiger partial charge in [0.2, 0.25) is 0 Å². The van der Waals surface area contributed by atoms with E-state index in [4.69, 9.17) is 0 Å². The Kier molecular flexibility index (Phi) is 13.5. The molecule has 0 saturated carbocycles. The number of rotatable bonds is 7. The van der Waals surface area contributed by atoms with Crippen molar-refractivity contribution in [3.63, 3.8) is 0 Å². The molecule has 0 bridgehead atoms. The fraction of sp³-hybridized carbons (Fsp3) is 0.385. The summed E-state index contributed by atoms with van der Waals surface area (Å²) in [7, 11) is 0. The Morgan fingerprint density at radius 2 is 1.13 bits per heavy atom. The van der Waals surface area contributed by atoms with E-state index < -0.39 is 20.9 Å². The van der Waals surface area contributed by atoms with Crippen LogP contribution in [-0.2, 0) is 20.9 Å². The average molecular weight is 538 g/mol. The first-order chi connectivity index (χ1) is 13.8. The molecule has 2 atom stereocenters. The van der Waals surface area contributed by atoms with Crippen molar-refractivity contribution >= 4 is 18.8 Å². The number of halogens is 2. The fourth-order valence-electron chi connectivity index (χ4n) is 4.44. The van der Waals surface area contributed by atoms with Crippen molar-refractivity contribution in [1.29, 1.82) is 0 Å². The maximum atomic E-state index is 2.55. The smallest absolute Gasteiger partial charge is 1.00 e. The van der Waals surface area contributed by atoms with E-state index in [1.54, 1.807) is 11.1 Å². The fourth-order valence-corrected chi connectivity index (χ4v) is 24.6. The third-order valence-corrected chi connectivity index (χ3v) is 26.5. The molecule has 4 heteroatoms. The van der Waals surface area contributed by atoms with E-state index in [1.807, 2.05) is 0 Å². The van der Waals surface area contributed by atoms with Crippen LogP contribution in [0, 0.1) is 0 Å². The summed E-state index contributed by atoms with van der Waals surface area (Å²) in [5.41, 5.74) is 6.23. The van der Waals surface area contributed by atoms with Crippen LogP contribution < -0.4 is 24.8 Å². The summed E-state index contributed by atoms with van der Waals surface area (Å²) in [6.07, 6.45) is 15.4. The molecule has 2 aliphatic carbocycles. The first-order valence-electron chi connectivity index (χ1n) is 11.2. The Bertz CT molecular complexity index is 753. The van der Waals surface area contributed by atoms with Gasteiger partial charge in [0.1, 0.15) is 0 Å². The molecule has 0 heterocycles. The van der Waals surface area contributed by atoms with Crippen molar-refractivity contribution in [2.24, 2.45) is 0 Å². The minimum Gasteiger partial charge on any atom is -1.00 e. The van der Waals surface area contributed by atoms with E-state index in [0.717, 1.165) is 7.25 Å². The molecule has 4 rings (SSSR count). The Balaban J connectivity index is 0.000000500. The van der Waals surface area contributed by atoms with E-state index in [-0.39, 0.29) is 31.5 Å². The van der Waals surface area contributed by atoms with Gasteiger partial charge in [-0.2, -0.15) is 0 Å². The molecule has 2 aromatic rings. The molecule has 0 radical (unpaired) electrons. The van der Waals surface area contributed by atoms with E-state index in [9.17, 15) is 0 Å². The summed E-state index contributed by atoms with van der Waals surface area (Å²) in [6, 6.07) is 19.6. The van der Waals surface area contributed by atoms with Crippen LogP contribution in [0.1, 0.15) is 76.0 Å². The number of hydrogen-bond acceptors (Lipinski definition) is 0. The molecule has 2 unspecified atom stereocenters. The second kappa shape index (κ2) is 14.6. The molecule has 30 heavy (non-hydrogen) atoms. The van der Waals surface area contributed by atoms with Crippen LogP contribution in [0.25, 0.3) is 12.2 Å². The summed E-state index contributed by atoms with van der Waals surface area (Å²) in [5, 5.41) is 0. The van der Waals surface area contributed by atoms with Gasteiger partial charge in [0.05, 0.1) is 0 Å². The molecule has 0 saturated heterocycles. The minimum absolute atomic E-state index is 0. The first kappa shape index (κ1) is 27.6. The Labute approximate surface area is 205 Å². The van der Waals surface area contributed by atoms with Crippen LogP contribution in [0.15, 0.2) is 60.7 Å². The van der Waals surface area contributed by atoms with Crippen molar-refractivity contribution in [1.82, 2.24) is 0 Å². The predicted molar refractivity (Wildman–Crippen MR) is 125 cm³/mol. The molecular formula is C26H35Cl2SiZr. The van der Waals surface area contributed by atoms with Gasteiger partial charge in [0.15, 0.2) is 0 Å². The Morgan fingerprint density at radius 1 is 0.700 bits per heavy atom. The van der Waals surface area contributed by atoms with Gasteiger partial charge in [0.25, 0.3) is 0 Å². The van der Waals surface area contributed by atoms with Gasteiger partial charge < -0.3 is 24.8 Å². The molecule has 2 aliphatic rings. The summed E-state index contributed by atoms with van der Waals surface area (Å²) in [5.74, 6) is 0. The molecule has 161 valence electrons. The number of benzene rings is 2. The van der Waals surface area contributed by atoms with Gasteiger partial charge in [-0.25, -0.2) is 0 Å². The second-order valence-electron chi connectivity index (χ2n) is 7.96. The maximum Gasteiger partial charge on any atom is -1.00 e. The minimum atomic E-state index is -1.53. The molecule has 0 aromatic heterocycles. The zero-order valence-electron chi connectivity index (χ0n) is 18.6. The summed E-state index contributed by atoms with van der Waals surface area (Å²) >= 11 is -1.53. The number of unbranched alkanes of at least 4 members (excludes halogenated alkanes) is 3. The van der Waals surface area contributed by atoms with Crippen LogP contribution in [0.3, 0.4) is 0 Å². The van der Waals surface area contributed by atoms with E-state index in [2.05, 4.69) is 93.6 Å². The van der Waals surface area contributed by atoms with Gasteiger partial charge >= 0.3 is 143 Å². The van der Waals surface area contributed by atoms with E-state index in [0.29, 0.717) is 0 Å². The largest absolute Gasteiger partial charge is 1.00 e. The van der Waals surface area contributed by atoms with Gasteiger partial charge in [0, 0.05) is 0 Å². The number of allylic oxidation sites excluding steroid dienone is 2. The quantitative estimate of drug-likeness (QED) is 0.369. The summed E-state index contributed by atoms with van der Waals surface area (Å²) < 4.78 is 1.62. The van der Waals surface area contributed by atoms with Crippen LogP contribution in [0.2, 0.25) is 6.04 Å². The van der Waals surface area contributed by atoms with Crippen LogP contribution >= 0.6 is 0 Å². The second-order valence-corrected chi connectivity index (χ2v) is 23.9. The van der Waals surface area contributed by atoms with Crippen LogP contribution in [-0.4, -0.2) is 6.65 Å². The molecule has 0 aliphatic heterocycles. The van der Waals surface area contributed by atoms with Crippen molar-refractivity contribution in [3.05, 3.63) is 82.9 Å². The van der Waals surface area contributed by atoms with E-state index in [1.165, 1.54) is 42.9 Å². The van der Waals surface area contributed by atoms with E-state index >= 15 is 0 Å². The van der Waals surface area contributed by atoms with Gasteiger partial charge in [-0.3, -0.25) is 0 Å². The summed E-state index contributed by atoms with van der Waals surface area (Å²) in [6.45, 7) is 6.97. The number of fused-ring (bicyclic) bond motifs is 2. The van der Waals surface area contributed by atoms with Crippen molar-refractivity contribution < 1.29 is 45.7 Å². The molecule has 0 N–H and O–H groups in total. The van der Waals surface area contributed by atoms with Crippen LogP contribution in [0.4, 0.5) is 0 Å². The van der Waals surface area contributed by atoms with Gasteiger partial charge in [-0.1, -0.05) is 39.5 Å². The zero-order chi connectivity index (χ0) is 19.8. The molecular weight excluding hydrogens is 503 g/mol. The standard InChI is InChI=1S/2C9H7.C6H14.C2H7Si.2ClH.Zr/c2*1-2-5-9-7-3-6-8(9)4-1;1-3-5-6-4-2;1-2-3;;;/h2*1-7H;3-6H2,1-2H3;2-3H2,1H3;2*1H;/q;;;;;;+2/p-2. The zero-order valence-corrected chi connectivity index (χ0v) is 24.0. The van der Waals surface area contributed by atoms with Gasteiger partial charge in [-0.15, -0.1) is 0 Å². The molecule has 0 spiro atoms. The topological polar surface area (TPSA) is 0 Å². The molecule has 2 aromatic carbocycles. The summed E-state index contributed by atoms with van der Waals surface area (Å²) in [4.78, 5) is 0. The molecule has 0 fully saturated rings. The number of hydrogen-bond donors (Lipinski definition) is 0. The molecule has 0 amide bonds. The Morgan fingerprint density at radius 3 is 1.53 bits per heavy atom. The maximum absolute atomic E-state index is 2.55. The third-order valence-electron chi connectivity index (χ3n) is 5.89. The van der Waals surface area contributed by atoms with Crippen molar-refractivity contribution in [2.45, 2.75) is 59.8 Å². The monoisotopic (exact) mass is 535 g/mol. The van der Waals surface area contributed by atoms with Crippen LogP contribution in [0.5, 0.6) is 0 Å². The van der Waals surface area contributed by atoms with Gasteiger partial charge in [-0.05, 0) is 0 Å². The van der Waals surface area contributed by atoms with Crippen molar-refractivity contribution in [3.8, 4) is 0 Å². The SMILES string of the molecule is CCCCCC.CC[SiH2][Zr+2]([CH]1C=Cc2ccccc21)[CH]1C=Cc2ccccc21.[Cl-].[Cl-]. The predicted octanol–water partition coefficient (Wildman–Crippen LogP) is 1.26. The third kappa shape index (κ3) is 6.80. The molecule has 0 nitrogen and oxygen atoms in total. The van der Waals surface area contributed by atoms with Crippen molar-refractivity contribution in [2.75, 3.05) is 0 Å².